The predicted octanol–water partition coefficient (Wildman–Crippen LogP) is 1.96. The highest BCUT2D eigenvalue weighted by Gasteiger charge is 2.40. The molecule has 0 radical (unpaired) electrons. The van der Waals surface area contributed by atoms with Crippen LogP contribution in [0.1, 0.15) is 12.8 Å². The standard InChI is InChI=1S/C16H19N5O2/c1-2-4-13(5-3-1)18-14-12-17-20-15(19-14)21-8-6-16(7-9-21)22-10-11-23-16/h1-5,12H,6-11H2,(H,18,19,20). The lowest BCUT2D eigenvalue weighted by Crippen LogP contribution is -2.45. The van der Waals surface area contributed by atoms with Gasteiger partial charge >= 0.3 is 0 Å². The van der Waals surface area contributed by atoms with Crippen LogP contribution in [-0.2, 0) is 9.47 Å². The fraction of sp³-hybridized carbons (Fsp3) is 0.438. The van der Waals surface area contributed by atoms with Crippen LogP contribution in [0.4, 0.5) is 17.5 Å². The first-order valence-corrected chi connectivity index (χ1v) is 7.88. The van der Waals surface area contributed by atoms with Gasteiger partial charge in [0.05, 0.1) is 19.4 Å². The Labute approximate surface area is 134 Å². The number of hydrogen-bond acceptors (Lipinski definition) is 7. The maximum atomic E-state index is 5.75. The number of nitrogens with one attached hydrogen (secondary N) is 1. The van der Waals surface area contributed by atoms with E-state index in [0.29, 0.717) is 25.0 Å². The second kappa shape index (κ2) is 6.10. The number of para-hydroxylation sites is 1. The molecule has 2 saturated heterocycles. The predicted molar refractivity (Wildman–Crippen MR) is 85.6 cm³/mol. The fourth-order valence-electron chi connectivity index (χ4n) is 2.99. The molecule has 0 saturated carbocycles. The highest BCUT2D eigenvalue weighted by molar-refractivity contribution is 5.55. The largest absolute Gasteiger partial charge is 0.347 e. The van der Waals surface area contributed by atoms with Crippen LogP contribution in [0.15, 0.2) is 36.5 Å². The Hall–Kier alpha value is -2.25. The topological polar surface area (TPSA) is 72.4 Å². The second-order valence-electron chi connectivity index (χ2n) is 5.73. The van der Waals surface area contributed by atoms with E-state index in [-0.39, 0.29) is 5.79 Å². The van der Waals surface area contributed by atoms with Crippen LogP contribution in [0.5, 0.6) is 0 Å². The minimum absolute atomic E-state index is 0.385. The van der Waals surface area contributed by atoms with Gasteiger partial charge in [-0.05, 0) is 12.1 Å². The number of aromatic nitrogens is 3. The Morgan fingerprint density at radius 3 is 2.52 bits per heavy atom. The Morgan fingerprint density at radius 2 is 1.78 bits per heavy atom. The highest BCUT2D eigenvalue weighted by atomic mass is 16.7. The summed E-state index contributed by atoms with van der Waals surface area (Å²) in [6.07, 6.45) is 3.28. The molecular weight excluding hydrogens is 294 g/mol. The zero-order valence-electron chi connectivity index (χ0n) is 12.8. The lowest BCUT2D eigenvalue weighted by atomic mass is 10.0. The van der Waals surface area contributed by atoms with Crippen molar-refractivity contribution in [1.82, 2.24) is 15.2 Å². The number of nitrogens with zero attached hydrogens (tertiary/aromatic N) is 4. The SMILES string of the molecule is c1ccc(Nc2cnnc(N3CCC4(CC3)OCCO4)n2)cc1. The van der Waals surface area contributed by atoms with Gasteiger partial charge in [0.2, 0.25) is 5.95 Å². The highest BCUT2D eigenvalue weighted by Crippen LogP contribution is 2.32. The maximum Gasteiger partial charge on any atom is 0.247 e. The molecule has 0 bridgehead atoms. The van der Waals surface area contributed by atoms with E-state index >= 15 is 0 Å². The van der Waals surface area contributed by atoms with E-state index in [1.165, 1.54) is 0 Å². The molecule has 1 N–H and O–H groups in total. The Morgan fingerprint density at radius 1 is 1.04 bits per heavy atom. The quantitative estimate of drug-likeness (QED) is 0.928. The van der Waals surface area contributed by atoms with Crippen LogP contribution >= 0.6 is 0 Å². The molecule has 7 nitrogen and oxygen atoms in total. The molecule has 2 aliphatic heterocycles. The van der Waals surface area contributed by atoms with Crippen molar-refractivity contribution in [2.45, 2.75) is 18.6 Å². The number of piperidine rings is 1. The normalized spacial score (nSPS) is 19.9. The summed E-state index contributed by atoms with van der Waals surface area (Å²) in [7, 11) is 0. The minimum atomic E-state index is -0.385. The van der Waals surface area contributed by atoms with Gasteiger partial charge in [0.1, 0.15) is 0 Å². The molecule has 3 heterocycles. The summed E-state index contributed by atoms with van der Waals surface area (Å²) in [4.78, 5) is 6.69. The zero-order valence-corrected chi connectivity index (χ0v) is 12.8. The Bertz CT molecular complexity index is 651. The third-order valence-electron chi connectivity index (χ3n) is 4.22. The fourth-order valence-corrected chi connectivity index (χ4v) is 2.99. The van der Waals surface area contributed by atoms with E-state index in [2.05, 4.69) is 25.4 Å². The average Bonchev–Trinajstić information content (AvgIpc) is 3.05. The number of anilines is 3. The van der Waals surface area contributed by atoms with Crippen molar-refractivity contribution >= 4 is 17.5 Å². The summed E-state index contributed by atoms with van der Waals surface area (Å²) in [6, 6.07) is 9.90. The second-order valence-corrected chi connectivity index (χ2v) is 5.73. The van der Waals surface area contributed by atoms with Gasteiger partial charge in [0, 0.05) is 31.6 Å². The van der Waals surface area contributed by atoms with E-state index in [9.17, 15) is 0 Å². The molecule has 1 aromatic carbocycles. The summed E-state index contributed by atoms with van der Waals surface area (Å²) < 4.78 is 11.5. The summed E-state index contributed by atoms with van der Waals surface area (Å²) >= 11 is 0. The van der Waals surface area contributed by atoms with Crippen molar-refractivity contribution < 1.29 is 9.47 Å². The lowest BCUT2D eigenvalue weighted by Gasteiger charge is -2.37. The van der Waals surface area contributed by atoms with Crippen LogP contribution in [-0.4, -0.2) is 47.3 Å². The summed E-state index contributed by atoms with van der Waals surface area (Å²) in [5.41, 5.74) is 0.976. The maximum absolute atomic E-state index is 5.75. The third kappa shape index (κ3) is 3.11. The number of hydrogen-bond donors (Lipinski definition) is 1. The molecule has 0 atom stereocenters. The number of rotatable bonds is 3. The van der Waals surface area contributed by atoms with Crippen LogP contribution in [0.2, 0.25) is 0 Å². The summed E-state index contributed by atoms with van der Waals surface area (Å²) in [5.74, 6) is 0.942. The third-order valence-corrected chi connectivity index (χ3v) is 4.22. The molecule has 0 amide bonds. The van der Waals surface area contributed by atoms with Gasteiger partial charge in [-0.15, -0.1) is 5.10 Å². The van der Waals surface area contributed by atoms with Crippen LogP contribution < -0.4 is 10.2 Å². The average molecular weight is 313 g/mol. The first-order chi connectivity index (χ1) is 11.3. The summed E-state index contributed by atoms with van der Waals surface area (Å²) in [5, 5.41) is 11.5. The van der Waals surface area contributed by atoms with Crippen molar-refractivity contribution in [3.8, 4) is 0 Å². The van der Waals surface area contributed by atoms with E-state index in [1.807, 2.05) is 30.3 Å². The monoisotopic (exact) mass is 313 g/mol. The molecule has 0 aliphatic carbocycles. The molecule has 2 aliphatic rings. The Balaban J connectivity index is 1.44. The van der Waals surface area contributed by atoms with Crippen molar-refractivity contribution in [1.29, 1.82) is 0 Å². The molecular formula is C16H19N5O2. The van der Waals surface area contributed by atoms with Gasteiger partial charge in [-0.3, -0.25) is 0 Å². The van der Waals surface area contributed by atoms with Crippen LogP contribution in [0.3, 0.4) is 0 Å². The van der Waals surface area contributed by atoms with Gasteiger partial charge in [0.15, 0.2) is 11.6 Å². The van der Waals surface area contributed by atoms with Gasteiger partial charge < -0.3 is 19.7 Å². The van der Waals surface area contributed by atoms with Crippen molar-refractivity contribution in [2.24, 2.45) is 0 Å². The van der Waals surface area contributed by atoms with E-state index in [0.717, 1.165) is 31.6 Å². The Kier molecular flexibility index (Phi) is 3.80. The number of ether oxygens (including phenoxy) is 2. The van der Waals surface area contributed by atoms with Crippen molar-refractivity contribution in [3.05, 3.63) is 36.5 Å². The first-order valence-electron chi connectivity index (χ1n) is 7.88. The van der Waals surface area contributed by atoms with Gasteiger partial charge in [-0.2, -0.15) is 10.1 Å². The molecule has 7 heteroatoms. The van der Waals surface area contributed by atoms with Gasteiger partial charge in [-0.1, -0.05) is 18.2 Å². The number of benzene rings is 1. The van der Waals surface area contributed by atoms with Crippen molar-refractivity contribution in [3.63, 3.8) is 0 Å². The molecule has 2 fully saturated rings. The molecule has 120 valence electrons. The van der Waals surface area contributed by atoms with Gasteiger partial charge in [0.25, 0.3) is 0 Å². The summed E-state index contributed by atoms with van der Waals surface area (Å²) in [6.45, 7) is 2.98. The van der Waals surface area contributed by atoms with Crippen molar-refractivity contribution in [2.75, 3.05) is 36.5 Å². The van der Waals surface area contributed by atoms with Crippen LogP contribution in [0.25, 0.3) is 0 Å². The van der Waals surface area contributed by atoms with E-state index < -0.39 is 0 Å². The molecule has 23 heavy (non-hydrogen) atoms. The lowest BCUT2D eigenvalue weighted by molar-refractivity contribution is -0.169. The van der Waals surface area contributed by atoms with E-state index in [1.54, 1.807) is 6.20 Å². The molecule has 2 aromatic rings. The smallest absolute Gasteiger partial charge is 0.247 e. The molecule has 1 spiro atoms. The molecule has 0 unspecified atom stereocenters. The molecule has 4 rings (SSSR count). The van der Waals surface area contributed by atoms with Crippen LogP contribution in [0, 0.1) is 0 Å². The van der Waals surface area contributed by atoms with Gasteiger partial charge in [-0.25, -0.2) is 0 Å². The first kappa shape index (κ1) is 14.3. The minimum Gasteiger partial charge on any atom is -0.347 e. The van der Waals surface area contributed by atoms with E-state index in [4.69, 9.17) is 9.47 Å². The molecule has 1 aromatic heterocycles. The zero-order chi connectivity index (χ0) is 15.5.